The Balaban J connectivity index is 5.46. The Morgan fingerprint density at radius 3 is 0.732 bits per heavy atom. The van der Waals surface area contributed by atoms with Crippen LogP contribution in [-0.2, 0) is 65.4 Å². The van der Waals surface area contributed by atoms with Crippen LogP contribution in [0.15, 0.2) is 170 Å². The van der Waals surface area contributed by atoms with Gasteiger partial charge in [0.1, 0.15) is 19.3 Å². The molecule has 0 aromatic rings. The van der Waals surface area contributed by atoms with Gasteiger partial charge in [-0.05, 0) is 180 Å². The largest absolute Gasteiger partial charge is 0.472 e. The van der Waals surface area contributed by atoms with Gasteiger partial charge in [-0.2, -0.15) is 0 Å². The van der Waals surface area contributed by atoms with Gasteiger partial charge in [0.25, 0.3) is 0 Å². The summed E-state index contributed by atoms with van der Waals surface area (Å²) in [4.78, 5) is 73.3. The maximum absolute atomic E-state index is 13.2. The molecule has 5 atom stereocenters. The molecule has 0 aromatic heterocycles. The van der Waals surface area contributed by atoms with Gasteiger partial charge in [-0.25, -0.2) is 9.13 Å². The third-order valence-electron chi connectivity index (χ3n) is 17.6. The Morgan fingerprint density at radius 1 is 0.259 bits per heavy atom. The zero-order valence-electron chi connectivity index (χ0n) is 70.0. The van der Waals surface area contributed by atoms with Crippen LogP contribution < -0.4 is 0 Å². The van der Waals surface area contributed by atoms with Crippen molar-refractivity contribution < 1.29 is 80.2 Å². The summed E-state index contributed by atoms with van der Waals surface area (Å²) >= 11 is 0. The minimum atomic E-state index is -5.01. The molecule has 0 radical (unpaired) electrons. The fourth-order valence-electron chi connectivity index (χ4n) is 11.1. The van der Waals surface area contributed by atoms with E-state index in [-0.39, 0.29) is 25.7 Å². The van der Waals surface area contributed by atoms with Crippen molar-refractivity contribution in [3.05, 3.63) is 170 Å². The van der Waals surface area contributed by atoms with E-state index in [1.54, 1.807) is 0 Å². The number of aliphatic hydroxyl groups is 1. The second kappa shape index (κ2) is 83.4. The molecule has 3 N–H and O–H groups in total. The Labute approximate surface area is 680 Å². The van der Waals surface area contributed by atoms with Gasteiger partial charge < -0.3 is 33.8 Å². The molecule has 0 aliphatic carbocycles. The van der Waals surface area contributed by atoms with Gasteiger partial charge in [0.15, 0.2) is 12.2 Å². The fraction of sp³-hybridized carbons (Fsp3) is 0.656. The summed E-state index contributed by atoms with van der Waals surface area (Å²) in [6.45, 7) is 4.52. The van der Waals surface area contributed by atoms with E-state index in [0.29, 0.717) is 32.1 Å². The highest BCUT2D eigenvalue weighted by Crippen LogP contribution is 2.45. The van der Waals surface area contributed by atoms with Crippen molar-refractivity contribution in [1.29, 1.82) is 0 Å². The minimum Gasteiger partial charge on any atom is -0.462 e. The summed E-state index contributed by atoms with van der Waals surface area (Å²) in [5.41, 5.74) is 0. The number of rotatable bonds is 80. The van der Waals surface area contributed by atoms with E-state index in [1.807, 2.05) is 0 Å². The molecule has 0 amide bonds. The molecule has 0 aliphatic rings. The van der Waals surface area contributed by atoms with Crippen molar-refractivity contribution in [3.63, 3.8) is 0 Å². The zero-order chi connectivity index (χ0) is 81.7. The number of hydrogen-bond donors (Lipinski definition) is 3. The Kier molecular flexibility index (Phi) is 79.2. The zero-order valence-corrected chi connectivity index (χ0v) is 71.8. The van der Waals surface area contributed by atoms with E-state index < -0.39 is 97.5 Å². The lowest BCUT2D eigenvalue weighted by molar-refractivity contribution is -0.161. The number of hydrogen-bond acceptors (Lipinski definition) is 15. The number of phosphoric ester groups is 2. The van der Waals surface area contributed by atoms with Crippen LogP contribution in [0.2, 0.25) is 0 Å². The third kappa shape index (κ3) is 82.4. The molecule has 19 heteroatoms. The van der Waals surface area contributed by atoms with Gasteiger partial charge in [0.2, 0.25) is 0 Å². The SMILES string of the molecule is CC/C=C\C/C=C\C/C=C\C/C=C\CCCCCCCCC(=O)OCC(COP(=O)(O)OCC(O)COP(=O)(O)OCC(COC(=O)CCCCCCCC/C=C\C/C=C\C/C=C\CCCCC)OC(=O)CCCC/C=C\C/C=C\C/C=C\C/C=C\CC)OC(=O)CCCCCCCC/C=C\C/C=C\C/C=C\CCCCC. The summed E-state index contributed by atoms with van der Waals surface area (Å²) in [5, 5.41) is 10.7. The molecular weight excluding hydrogens is 1450 g/mol. The van der Waals surface area contributed by atoms with Gasteiger partial charge in [0, 0.05) is 25.7 Å². The Bertz CT molecular complexity index is 2790. The molecule has 638 valence electrons. The van der Waals surface area contributed by atoms with Crippen LogP contribution in [0.1, 0.15) is 336 Å². The molecule has 0 aliphatic heterocycles. The third-order valence-corrected chi connectivity index (χ3v) is 19.5. The Hall–Kier alpha value is -5.58. The standard InChI is InChI=1S/C93H154O17P2/c1-5-9-13-17-21-25-29-33-37-40-43-46-50-53-57-61-65-69-73-77-90(95)103-83-88(109-92(97)79-75-71-67-63-59-55-49-36-32-28-24-20-16-12-8-4)85-107-111(99,100)105-81-87(94)82-106-112(101,102)108-86-89(110-93(98)80-76-72-68-64-60-56-52-48-45-42-39-35-31-27-23-19-15-11-7-3)84-104-91(96)78-74-70-66-62-58-54-51-47-44-41-38-34-30-26-22-18-14-10-6-2/h10,12,14,16,21-28,33-39,43-49,59,63,87-89,94H,5-9,11,13,15,17-20,29-32,40-42,50-58,60-62,64-86H2,1-4H3,(H,99,100)(H,101,102)/b14-10-,16-12-,25-21-,26-22-,27-23-,28-24-,37-33-,38-34-,39-35-,46-43-,47-44-,48-45-,49-36-,63-59-. The minimum absolute atomic E-state index is 0.0341. The molecule has 0 aromatic carbocycles. The highest BCUT2D eigenvalue weighted by molar-refractivity contribution is 7.47. The van der Waals surface area contributed by atoms with Crippen LogP contribution in [0.4, 0.5) is 0 Å². The van der Waals surface area contributed by atoms with Crippen molar-refractivity contribution in [3.8, 4) is 0 Å². The number of esters is 4. The normalized spacial score (nSPS) is 14.6. The summed E-state index contributed by atoms with van der Waals surface area (Å²) in [6, 6.07) is 0. The number of aliphatic hydroxyl groups excluding tert-OH is 1. The van der Waals surface area contributed by atoms with E-state index in [9.17, 15) is 43.2 Å². The molecule has 5 unspecified atom stereocenters. The average molecular weight is 1610 g/mol. The predicted molar refractivity (Wildman–Crippen MR) is 463 cm³/mol. The van der Waals surface area contributed by atoms with E-state index in [1.165, 1.54) is 38.5 Å². The first-order chi connectivity index (χ1) is 54.7. The molecule has 0 saturated heterocycles. The van der Waals surface area contributed by atoms with E-state index in [4.69, 9.17) is 37.0 Å². The lowest BCUT2D eigenvalue weighted by atomic mass is 10.1. The number of carbonyl (C=O) groups excluding carboxylic acids is 4. The van der Waals surface area contributed by atoms with Crippen LogP contribution in [0.25, 0.3) is 0 Å². The summed E-state index contributed by atoms with van der Waals surface area (Å²) in [5.74, 6) is -2.27. The van der Waals surface area contributed by atoms with Crippen molar-refractivity contribution >= 4 is 39.5 Å². The van der Waals surface area contributed by atoms with Gasteiger partial charge in [-0.1, -0.05) is 301 Å². The first kappa shape index (κ1) is 106. The van der Waals surface area contributed by atoms with Crippen molar-refractivity contribution in [2.45, 2.75) is 354 Å². The van der Waals surface area contributed by atoms with Crippen molar-refractivity contribution in [2.75, 3.05) is 39.6 Å². The molecule has 0 heterocycles. The van der Waals surface area contributed by atoms with Crippen molar-refractivity contribution in [2.24, 2.45) is 0 Å². The lowest BCUT2D eigenvalue weighted by Gasteiger charge is -2.21. The quantitative estimate of drug-likeness (QED) is 0.0169. The topological polar surface area (TPSA) is 237 Å². The molecule has 0 fully saturated rings. The first-order valence-electron chi connectivity index (χ1n) is 43.4. The second-order valence-electron chi connectivity index (χ2n) is 28.4. The molecule has 0 spiro atoms. The second-order valence-corrected chi connectivity index (χ2v) is 31.3. The van der Waals surface area contributed by atoms with Gasteiger partial charge in [-0.15, -0.1) is 0 Å². The predicted octanol–water partition coefficient (Wildman–Crippen LogP) is 26.1. The van der Waals surface area contributed by atoms with Crippen LogP contribution >= 0.6 is 15.6 Å². The summed E-state index contributed by atoms with van der Waals surface area (Å²) < 4.78 is 68.8. The Morgan fingerprint density at radius 2 is 0.464 bits per heavy atom. The fourth-order valence-corrected chi connectivity index (χ4v) is 12.7. The monoisotopic (exact) mass is 1610 g/mol. The highest BCUT2D eigenvalue weighted by Gasteiger charge is 2.30. The number of carbonyl (C=O) groups is 4. The molecule has 17 nitrogen and oxygen atoms in total. The number of ether oxygens (including phenoxy) is 4. The van der Waals surface area contributed by atoms with E-state index in [2.05, 4.69) is 198 Å². The van der Waals surface area contributed by atoms with Gasteiger partial charge in [-0.3, -0.25) is 37.3 Å². The number of phosphoric acid groups is 2. The molecule has 0 bridgehead atoms. The van der Waals surface area contributed by atoms with Crippen LogP contribution in [0.3, 0.4) is 0 Å². The lowest BCUT2D eigenvalue weighted by Crippen LogP contribution is -2.30. The van der Waals surface area contributed by atoms with Crippen LogP contribution in [-0.4, -0.2) is 96.7 Å². The number of allylic oxidation sites excluding steroid dienone is 28. The molecule has 112 heavy (non-hydrogen) atoms. The van der Waals surface area contributed by atoms with Gasteiger partial charge >= 0.3 is 39.5 Å². The summed E-state index contributed by atoms with van der Waals surface area (Å²) in [6.07, 6.45) is 100. The smallest absolute Gasteiger partial charge is 0.462 e. The van der Waals surface area contributed by atoms with E-state index >= 15 is 0 Å². The number of unbranched alkanes of at least 4 members (excludes halogenated alkanes) is 26. The van der Waals surface area contributed by atoms with Crippen molar-refractivity contribution in [1.82, 2.24) is 0 Å². The first-order valence-corrected chi connectivity index (χ1v) is 46.4. The molecule has 0 rings (SSSR count). The maximum atomic E-state index is 13.2. The van der Waals surface area contributed by atoms with Crippen LogP contribution in [0, 0.1) is 0 Å². The maximum Gasteiger partial charge on any atom is 0.472 e. The summed E-state index contributed by atoms with van der Waals surface area (Å²) in [7, 11) is -10.0. The average Bonchev–Trinajstić information content (AvgIpc) is 0.898. The molecule has 0 saturated carbocycles. The molecular formula is C93H154O17P2. The van der Waals surface area contributed by atoms with Crippen LogP contribution in [0.5, 0.6) is 0 Å². The van der Waals surface area contributed by atoms with Gasteiger partial charge in [0.05, 0.1) is 26.4 Å². The van der Waals surface area contributed by atoms with E-state index in [0.717, 1.165) is 212 Å². The highest BCUT2D eigenvalue weighted by atomic mass is 31.2.